The monoisotopic (exact) mass is 387 g/mol. The molecule has 0 spiro atoms. The van der Waals surface area contributed by atoms with E-state index in [1.54, 1.807) is 34.9 Å². The van der Waals surface area contributed by atoms with Crippen LogP contribution in [0.15, 0.2) is 53.4 Å². The number of hydrogen-bond acceptors (Lipinski definition) is 4. The largest absolute Gasteiger partial charge is 0.335 e. The summed E-state index contributed by atoms with van der Waals surface area (Å²) in [5.41, 5.74) is 1.61. The molecule has 1 fully saturated rings. The van der Waals surface area contributed by atoms with Crippen LogP contribution >= 0.6 is 0 Å². The third-order valence-corrected chi connectivity index (χ3v) is 5.55. The number of carbonyl (C=O) groups is 2. The predicted molar refractivity (Wildman–Crippen MR) is 101 cm³/mol. The molecule has 0 aromatic heterocycles. The molecular formula is C19H21N3O4S. The summed E-state index contributed by atoms with van der Waals surface area (Å²) in [5.74, 6) is -0.320. The van der Waals surface area contributed by atoms with E-state index in [0.29, 0.717) is 42.9 Å². The molecule has 0 saturated carbocycles. The van der Waals surface area contributed by atoms with E-state index in [4.69, 9.17) is 5.14 Å². The minimum absolute atomic E-state index is 0.0601. The number of primary sulfonamides is 1. The lowest BCUT2D eigenvalue weighted by Crippen LogP contribution is -2.50. The van der Waals surface area contributed by atoms with Crippen molar-refractivity contribution in [1.29, 1.82) is 0 Å². The van der Waals surface area contributed by atoms with Gasteiger partial charge in [-0.1, -0.05) is 24.3 Å². The number of hydrogen-bond donors (Lipinski definition) is 1. The number of rotatable bonds is 3. The first-order valence-corrected chi connectivity index (χ1v) is 10.1. The molecule has 3 rings (SSSR count). The van der Waals surface area contributed by atoms with E-state index in [1.807, 2.05) is 18.2 Å². The second-order valence-corrected chi connectivity index (χ2v) is 8.03. The zero-order chi connectivity index (χ0) is 19.6. The highest BCUT2D eigenvalue weighted by atomic mass is 32.2. The van der Waals surface area contributed by atoms with E-state index in [1.165, 1.54) is 12.1 Å². The molecule has 1 heterocycles. The quantitative estimate of drug-likeness (QED) is 0.856. The van der Waals surface area contributed by atoms with E-state index in [-0.39, 0.29) is 16.7 Å². The minimum atomic E-state index is -3.88. The topological polar surface area (TPSA) is 101 Å². The third-order valence-electron chi connectivity index (χ3n) is 4.64. The Morgan fingerprint density at radius 3 is 2.00 bits per heavy atom. The molecular weight excluding hydrogens is 366 g/mol. The average molecular weight is 387 g/mol. The maximum absolute atomic E-state index is 12.8. The molecule has 27 heavy (non-hydrogen) atoms. The van der Waals surface area contributed by atoms with Crippen molar-refractivity contribution >= 4 is 21.8 Å². The molecule has 0 bridgehead atoms. The summed E-state index contributed by atoms with van der Waals surface area (Å²) in [4.78, 5) is 28.6. The Bertz CT molecular complexity index is 966. The van der Waals surface area contributed by atoms with Gasteiger partial charge in [-0.3, -0.25) is 9.59 Å². The van der Waals surface area contributed by atoms with Crippen LogP contribution in [-0.4, -0.2) is 56.2 Å². The van der Waals surface area contributed by atoms with Crippen molar-refractivity contribution in [2.24, 2.45) is 5.14 Å². The Hall–Kier alpha value is -2.71. The highest BCUT2D eigenvalue weighted by Gasteiger charge is 2.26. The Labute approximate surface area is 158 Å². The van der Waals surface area contributed by atoms with Gasteiger partial charge in [-0.05, 0) is 36.8 Å². The summed E-state index contributed by atoms with van der Waals surface area (Å²) >= 11 is 0. The fraction of sp³-hybridized carbons (Fsp3) is 0.263. The number of amides is 2. The molecule has 2 aromatic carbocycles. The van der Waals surface area contributed by atoms with Gasteiger partial charge < -0.3 is 9.80 Å². The van der Waals surface area contributed by atoms with Crippen LogP contribution in [0.5, 0.6) is 0 Å². The Balaban J connectivity index is 1.71. The predicted octanol–water partition coefficient (Wildman–Crippen LogP) is 1.24. The van der Waals surface area contributed by atoms with Crippen molar-refractivity contribution in [2.75, 3.05) is 26.2 Å². The maximum Gasteiger partial charge on any atom is 0.254 e. The summed E-state index contributed by atoms with van der Waals surface area (Å²) in [5, 5.41) is 5.16. The fourth-order valence-electron chi connectivity index (χ4n) is 3.05. The lowest BCUT2D eigenvalue weighted by Gasteiger charge is -2.35. The molecule has 0 atom stereocenters. The van der Waals surface area contributed by atoms with E-state index >= 15 is 0 Å². The Morgan fingerprint density at radius 1 is 0.889 bits per heavy atom. The molecule has 0 radical (unpaired) electrons. The highest BCUT2D eigenvalue weighted by Crippen LogP contribution is 2.18. The SMILES string of the molecule is Cc1ccc(S(N)(=O)=O)cc1C(=O)N1CCN(C(=O)c2ccccc2)CC1. The van der Waals surface area contributed by atoms with Crippen LogP contribution in [0.25, 0.3) is 0 Å². The molecule has 1 saturated heterocycles. The number of nitrogens with two attached hydrogens (primary N) is 1. The number of benzene rings is 2. The van der Waals surface area contributed by atoms with Crippen LogP contribution in [-0.2, 0) is 10.0 Å². The van der Waals surface area contributed by atoms with Gasteiger partial charge >= 0.3 is 0 Å². The number of carbonyl (C=O) groups excluding carboxylic acids is 2. The van der Waals surface area contributed by atoms with Gasteiger partial charge in [-0.15, -0.1) is 0 Å². The van der Waals surface area contributed by atoms with E-state index in [0.717, 1.165) is 0 Å². The Morgan fingerprint density at radius 2 is 1.44 bits per heavy atom. The fourth-order valence-corrected chi connectivity index (χ4v) is 3.59. The summed E-state index contributed by atoms with van der Waals surface area (Å²) < 4.78 is 23.1. The second-order valence-electron chi connectivity index (χ2n) is 6.47. The van der Waals surface area contributed by atoms with Crippen molar-refractivity contribution < 1.29 is 18.0 Å². The van der Waals surface area contributed by atoms with Crippen LogP contribution in [0.3, 0.4) is 0 Å². The highest BCUT2D eigenvalue weighted by molar-refractivity contribution is 7.89. The van der Waals surface area contributed by atoms with Gasteiger partial charge in [0.15, 0.2) is 0 Å². The van der Waals surface area contributed by atoms with Gasteiger partial charge in [-0.25, -0.2) is 13.6 Å². The van der Waals surface area contributed by atoms with Crippen LogP contribution in [0.4, 0.5) is 0 Å². The van der Waals surface area contributed by atoms with E-state index in [9.17, 15) is 18.0 Å². The van der Waals surface area contributed by atoms with E-state index < -0.39 is 10.0 Å². The van der Waals surface area contributed by atoms with Gasteiger partial charge in [0.1, 0.15) is 0 Å². The van der Waals surface area contributed by atoms with Gasteiger partial charge in [-0.2, -0.15) is 0 Å². The number of sulfonamides is 1. The van der Waals surface area contributed by atoms with Crippen LogP contribution in [0.2, 0.25) is 0 Å². The zero-order valence-corrected chi connectivity index (χ0v) is 15.8. The number of piperazine rings is 1. The first-order valence-electron chi connectivity index (χ1n) is 8.54. The van der Waals surface area contributed by atoms with E-state index in [2.05, 4.69) is 0 Å². The minimum Gasteiger partial charge on any atom is -0.335 e. The van der Waals surface area contributed by atoms with Crippen molar-refractivity contribution in [3.05, 3.63) is 65.2 Å². The zero-order valence-electron chi connectivity index (χ0n) is 15.0. The smallest absolute Gasteiger partial charge is 0.254 e. The molecule has 1 aliphatic heterocycles. The molecule has 2 amide bonds. The molecule has 8 heteroatoms. The van der Waals surface area contributed by atoms with Crippen molar-refractivity contribution in [3.8, 4) is 0 Å². The second kappa shape index (κ2) is 7.50. The van der Waals surface area contributed by atoms with Crippen molar-refractivity contribution in [1.82, 2.24) is 9.80 Å². The number of nitrogens with zero attached hydrogens (tertiary/aromatic N) is 2. The Kier molecular flexibility index (Phi) is 5.29. The number of aryl methyl sites for hydroxylation is 1. The molecule has 0 unspecified atom stereocenters. The molecule has 1 aliphatic rings. The van der Waals surface area contributed by atoms with Crippen LogP contribution < -0.4 is 5.14 Å². The lowest BCUT2D eigenvalue weighted by atomic mass is 10.1. The molecule has 2 N–H and O–H groups in total. The first kappa shape index (κ1) is 19.1. The molecule has 142 valence electrons. The molecule has 2 aromatic rings. The van der Waals surface area contributed by atoms with Crippen molar-refractivity contribution in [2.45, 2.75) is 11.8 Å². The summed E-state index contributed by atoms with van der Waals surface area (Å²) in [7, 11) is -3.88. The van der Waals surface area contributed by atoms with Gasteiger partial charge in [0.05, 0.1) is 4.90 Å². The lowest BCUT2D eigenvalue weighted by molar-refractivity contribution is 0.0535. The van der Waals surface area contributed by atoms with Gasteiger partial charge in [0, 0.05) is 37.3 Å². The van der Waals surface area contributed by atoms with Gasteiger partial charge in [0.2, 0.25) is 10.0 Å². The standard InChI is InChI=1S/C19H21N3O4S/c1-14-7-8-16(27(20,25)26)13-17(14)19(24)22-11-9-21(10-12-22)18(23)15-5-3-2-4-6-15/h2-8,13H,9-12H2,1H3,(H2,20,25,26). The molecule has 7 nitrogen and oxygen atoms in total. The molecule has 0 aliphatic carbocycles. The normalized spacial score (nSPS) is 14.9. The first-order chi connectivity index (χ1) is 12.8. The van der Waals surface area contributed by atoms with Crippen LogP contribution in [0, 0.1) is 6.92 Å². The van der Waals surface area contributed by atoms with Crippen LogP contribution in [0.1, 0.15) is 26.3 Å². The third kappa shape index (κ3) is 4.17. The van der Waals surface area contributed by atoms with Crippen molar-refractivity contribution in [3.63, 3.8) is 0 Å². The summed E-state index contributed by atoms with van der Waals surface area (Å²) in [6.07, 6.45) is 0. The summed E-state index contributed by atoms with van der Waals surface area (Å²) in [6.45, 7) is 3.36. The summed E-state index contributed by atoms with van der Waals surface area (Å²) in [6, 6.07) is 13.3. The maximum atomic E-state index is 12.8. The average Bonchev–Trinajstić information content (AvgIpc) is 2.67. The van der Waals surface area contributed by atoms with Gasteiger partial charge in [0.25, 0.3) is 11.8 Å².